The molecule has 0 radical (unpaired) electrons. The van der Waals surface area contributed by atoms with Gasteiger partial charge in [-0.25, -0.2) is 4.98 Å². The van der Waals surface area contributed by atoms with Crippen molar-refractivity contribution in [1.82, 2.24) is 14.8 Å². The van der Waals surface area contributed by atoms with Crippen LogP contribution < -0.4 is 0 Å². The van der Waals surface area contributed by atoms with Gasteiger partial charge < -0.3 is 14.5 Å². The van der Waals surface area contributed by atoms with Crippen LogP contribution in [0.2, 0.25) is 0 Å². The second-order valence-corrected chi connectivity index (χ2v) is 7.25. The van der Waals surface area contributed by atoms with Gasteiger partial charge in [-0.3, -0.25) is 4.79 Å². The lowest BCUT2D eigenvalue weighted by atomic mass is 10.1. The summed E-state index contributed by atoms with van der Waals surface area (Å²) in [4.78, 5) is 20.9. The largest absolute Gasteiger partial charge is 0.383 e. The van der Waals surface area contributed by atoms with E-state index in [-0.39, 0.29) is 5.91 Å². The smallest absolute Gasteiger partial charge is 0.273 e. The zero-order chi connectivity index (χ0) is 15.2. The van der Waals surface area contributed by atoms with Crippen LogP contribution in [-0.2, 0) is 4.74 Å². The second-order valence-electron chi connectivity index (χ2n) is 5.34. The highest BCUT2D eigenvalue weighted by Gasteiger charge is 2.25. The molecule has 0 unspecified atom stereocenters. The first-order chi connectivity index (χ1) is 10.1. The Labute approximate surface area is 134 Å². The highest BCUT2D eigenvalue weighted by atomic mass is 32.2. The van der Waals surface area contributed by atoms with Gasteiger partial charge in [-0.2, -0.15) is 0 Å². The fraction of sp³-hybridized carbons (Fsp3) is 0.714. The van der Waals surface area contributed by atoms with Gasteiger partial charge in [0.1, 0.15) is 10.0 Å². The van der Waals surface area contributed by atoms with Crippen molar-refractivity contribution < 1.29 is 9.53 Å². The number of rotatable bonds is 7. The summed E-state index contributed by atoms with van der Waals surface area (Å²) in [5, 5.41) is 1.85. The van der Waals surface area contributed by atoms with Crippen molar-refractivity contribution in [2.45, 2.75) is 10.8 Å². The average molecular weight is 329 g/mol. The fourth-order valence-electron chi connectivity index (χ4n) is 2.60. The molecule has 2 rings (SSSR count). The zero-order valence-corrected chi connectivity index (χ0v) is 14.5. The van der Waals surface area contributed by atoms with E-state index in [1.54, 1.807) is 18.9 Å². The molecule has 1 atom stereocenters. The van der Waals surface area contributed by atoms with Gasteiger partial charge in [-0.15, -0.1) is 11.3 Å². The standard InChI is InChI=1S/C14H23N3O2S2/c1-16(13(18)12-10-21-14(15-12)20-3)8-11-4-5-17(9-11)6-7-19-2/h10-11H,4-9H2,1-3H3/t11-/m0/s1. The van der Waals surface area contributed by atoms with Crippen LogP contribution in [0.25, 0.3) is 0 Å². The molecule has 21 heavy (non-hydrogen) atoms. The number of methoxy groups -OCH3 is 1. The van der Waals surface area contributed by atoms with Gasteiger partial charge in [0.15, 0.2) is 0 Å². The summed E-state index contributed by atoms with van der Waals surface area (Å²) in [5.74, 6) is 0.580. The molecule has 0 N–H and O–H groups in total. The number of hydrogen-bond donors (Lipinski definition) is 0. The third-order valence-corrected chi connectivity index (χ3v) is 5.60. The molecule has 1 saturated heterocycles. The van der Waals surface area contributed by atoms with E-state index in [2.05, 4.69) is 9.88 Å². The third kappa shape index (κ3) is 4.67. The molecule has 1 aromatic rings. The van der Waals surface area contributed by atoms with Gasteiger partial charge in [-0.05, 0) is 25.1 Å². The molecule has 1 aliphatic rings. The normalized spacial score (nSPS) is 19.1. The Morgan fingerprint density at radius 3 is 3.14 bits per heavy atom. The molecule has 1 aromatic heterocycles. The number of likely N-dealkylation sites (tertiary alicyclic amines) is 1. The Morgan fingerprint density at radius 2 is 2.48 bits per heavy atom. The van der Waals surface area contributed by atoms with Gasteiger partial charge in [0, 0.05) is 39.2 Å². The van der Waals surface area contributed by atoms with Crippen molar-refractivity contribution in [2.24, 2.45) is 5.92 Å². The fourth-order valence-corrected chi connectivity index (χ4v) is 3.84. The first kappa shape index (κ1) is 16.7. The van der Waals surface area contributed by atoms with Crippen molar-refractivity contribution in [3.05, 3.63) is 11.1 Å². The maximum absolute atomic E-state index is 12.3. The number of hydrogen-bond acceptors (Lipinski definition) is 6. The summed E-state index contributed by atoms with van der Waals surface area (Å²) < 4.78 is 6.06. The number of thioether (sulfide) groups is 1. The number of nitrogens with zero attached hydrogens (tertiary/aromatic N) is 3. The van der Waals surface area contributed by atoms with Crippen LogP contribution in [-0.4, -0.2) is 73.9 Å². The summed E-state index contributed by atoms with van der Waals surface area (Å²) in [6, 6.07) is 0. The third-order valence-electron chi connectivity index (χ3n) is 3.74. The number of aromatic nitrogens is 1. The van der Waals surface area contributed by atoms with Crippen LogP contribution in [0.15, 0.2) is 9.72 Å². The lowest BCUT2D eigenvalue weighted by Gasteiger charge is -2.21. The molecule has 2 heterocycles. The van der Waals surface area contributed by atoms with E-state index in [9.17, 15) is 4.79 Å². The molecular weight excluding hydrogens is 306 g/mol. The number of amides is 1. The van der Waals surface area contributed by atoms with Crippen LogP contribution in [0.5, 0.6) is 0 Å². The molecule has 5 nitrogen and oxygen atoms in total. The Bertz CT molecular complexity index is 467. The summed E-state index contributed by atoms with van der Waals surface area (Å²) >= 11 is 3.11. The van der Waals surface area contributed by atoms with Crippen LogP contribution in [0.3, 0.4) is 0 Å². The highest BCUT2D eigenvalue weighted by Crippen LogP contribution is 2.21. The van der Waals surface area contributed by atoms with E-state index in [1.807, 2.05) is 23.6 Å². The number of thiazole rings is 1. The Kier molecular flexibility index (Phi) is 6.47. The minimum absolute atomic E-state index is 0.0295. The van der Waals surface area contributed by atoms with E-state index in [0.717, 1.165) is 43.5 Å². The first-order valence-electron chi connectivity index (χ1n) is 7.10. The van der Waals surface area contributed by atoms with E-state index < -0.39 is 0 Å². The minimum Gasteiger partial charge on any atom is -0.383 e. The quantitative estimate of drug-likeness (QED) is 0.715. The molecule has 0 spiro atoms. The summed E-state index contributed by atoms with van der Waals surface area (Å²) in [5.41, 5.74) is 0.570. The van der Waals surface area contributed by atoms with Crippen molar-refractivity contribution in [3.63, 3.8) is 0 Å². The first-order valence-corrected chi connectivity index (χ1v) is 9.20. The Balaban J connectivity index is 1.81. The average Bonchev–Trinajstić information content (AvgIpc) is 3.13. The maximum Gasteiger partial charge on any atom is 0.273 e. The van der Waals surface area contributed by atoms with Crippen molar-refractivity contribution in [3.8, 4) is 0 Å². The highest BCUT2D eigenvalue weighted by molar-refractivity contribution is 8.00. The monoisotopic (exact) mass is 329 g/mol. The zero-order valence-electron chi connectivity index (χ0n) is 12.9. The van der Waals surface area contributed by atoms with Crippen molar-refractivity contribution >= 4 is 29.0 Å². The van der Waals surface area contributed by atoms with E-state index in [0.29, 0.717) is 11.6 Å². The van der Waals surface area contributed by atoms with Gasteiger partial charge in [0.05, 0.1) is 6.61 Å². The Hall–Kier alpha value is -0.630. The molecule has 1 aliphatic heterocycles. The number of ether oxygens (including phenoxy) is 1. The topological polar surface area (TPSA) is 45.7 Å². The summed E-state index contributed by atoms with van der Waals surface area (Å²) in [7, 11) is 3.61. The predicted octanol–water partition coefficient (Wildman–Crippen LogP) is 1.91. The molecule has 0 bridgehead atoms. The Morgan fingerprint density at radius 1 is 1.67 bits per heavy atom. The van der Waals surface area contributed by atoms with E-state index >= 15 is 0 Å². The van der Waals surface area contributed by atoms with Crippen LogP contribution in [0.1, 0.15) is 16.9 Å². The number of carbonyl (C=O) groups is 1. The molecule has 0 aromatic carbocycles. The van der Waals surface area contributed by atoms with Crippen LogP contribution in [0.4, 0.5) is 0 Å². The van der Waals surface area contributed by atoms with E-state index in [1.165, 1.54) is 11.3 Å². The van der Waals surface area contributed by atoms with Crippen molar-refractivity contribution in [1.29, 1.82) is 0 Å². The van der Waals surface area contributed by atoms with E-state index in [4.69, 9.17) is 4.74 Å². The lowest BCUT2D eigenvalue weighted by Crippen LogP contribution is -2.33. The number of carbonyl (C=O) groups excluding carboxylic acids is 1. The maximum atomic E-state index is 12.3. The van der Waals surface area contributed by atoms with Gasteiger partial charge in [-0.1, -0.05) is 11.8 Å². The SMILES string of the molecule is COCCN1CC[C@@H](CN(C)C(=O)c2csc(SC)n2)C1. The summed E-state index contributed by atoms with van der Waals surface area (Å²) in [6.45, 7) is 4.71. The predicted molar refractivity (Wildman–Crippen MR) is 87.3 cm³/mol. The molecule has 1 fully saturated rings. The lowest BCUT2D eigenvalue weighted by molar-refractivity contribution is 0.0766. The second kappa shape index (κ2) is 8.12. The van der Waals surface area contributed by atoms with Crippen LogP contribution >= 0.6 is 23.1 Å². The molecule has 0 saturated carbocycles. The molecular formula is C14H23N3O2S2. The summed E-state index contributed by atoms with van der Waals surface area (Å²) in [6.07, 6.45) is 3.12. The molecule has 1 amide bonds. The van der Waals surface area contributed by atoms with Crippen LogP contribution in [0, 0.1) is 5.92 Å². The molecule has 7 heteroatoms. The van der Waals surface area contributed by atoms with Crippen molar-refractivity contribution in [2.75, 3.05) is 53.2 Å². The van der Waals surface area contributed by atoms with Gasteiger partial charge in [0.25, 0.3) is 5.91 Å². The molecule has 0 aliphatic carbocycles. The minimum atomic E-state index is 0.0295. The van der Waals surface area contributed by atoms with Gasteiger partial charge >= 0.3 is 0 Å². The molecule has 118 valence electrons. The van der Waals surface area contributed by atoms with Gasteiger partial charge in [0.2, 0.25) is 0 Å².